The van der Waals surface area contributed by atoms with Crippen LogP contribution in [0, 0.1) is 0 Å². The molecule has 1 aromatic rings. The van der Waals surface area contributed by atoms with Crippen LogP contribution in [0.15, 0.2) is 35.2 Å². The average molecular weight is 873 g/mol. The van der Waals surface area contributed by atoms with E-state index in [9.17, 15) is 43.2 Å². The summed E-state index contributed by atoms with van der Waals surface area (Å²) in [5, 5.41) is 0. The first-order valence-electron chi connectivity index (χ1n) is 18.2. The summed E-state index contributed by atoms with van der Waals surface area (Å²) in [5.41, 5.74) is 0. The number of methoxy groups -OCH3 is 2. The van der Waals surface area contributed by atoms with Crippen LogP contribution in [0.3, 0.4) is 0 Å². The zero-order chi connectivity index (χ0) is 44.9. The Kier molecular flexibility index (Phi) is 17.8. The predicted octanol–water partition coefficient (Wildman–Crippen LogP) is 1.27. The molecular weight excluding hydrogens is 824 g/mol. The molecule has 0 amide bonds. The smallest absolute Gasteiger partial charge is 0.366 e. The topological polar surface area (TPSA) is 264 Å². The van der Waals surface area contributed by atoms with E-state index >= 15 is 0 Å². The van der Waals surface area contributed by atoms with Crippen LogP contribution >= 0.6 is 11.8 Å². The number of carbonyl (C=O) groups excluding carboxylic acids is 9. The van der Waals surface area contributed by atoms with Crippen molar-refractivity contribution in [2.45, 2.75) is 126 Å². The summed E-state index contributed by atoms with van der Waals surface area (Å²) < 4.78 is 67.2. The fourth-order valence-corrected chi connectivity index (χ4v) is 7.74. The van der Waals surface area contributed by atoms with Crippen molar-refractivity contribution >= 4 is 65.5 Å². The van der Waals surface area contributed by atoms with E-state index in [1.54, 1.807) is 30.3 Å². The van der Waals surface area contributed by atoms with Crippen LogP contribution in [0.2, 0.25) is 0 Å². The Hall–Kier alpha value is -5.32. The Balaban J connectivity index is 2.26. The normalized spacial score (nSPS) is 27.0. The van der Waals surface area contributed by atoms with E-state index in [2.05, 4.69) is 0 Å². The lowest BCUT2D eigenvalue weighted by molar-refractivity contribution is -0.334. The Morgan fingerprint density at radius 1 is 0.600 bits per heavy atom. The Morgan fingerprint density at radius 2 is 1.07 bits per heavy atom. The largest absolute Gasteiger partial charge is 0.466 e. The number of esters is 9. The minimum absolute atomic E-state index is 0.459. The number of hydrogen-bond acceptors (Lipinski definition) is 22. The highest BCUT2D eigenvalue weighted by atomic mass is 32.2. The molecule has 22 heteroatoms. The molecule has 0 radical (unpaired) electrons. The number of carbonyl (C=O) groups is 9. The summed E-state index contributed by atoms with van der Waals surface area (Å²) in [5.74, 6) is -11.4. The van der Waals surface area contributed by atoms with Crippen molar-refractivity contribution in [2.75, 3.05) is 27.4 Å². The second-order valence-corrected chi connectivity index (χ2v) is 14.7. The van der Waals surface area contributed by atoms with Crippen LogP contribution in [0.25, 0.3) is 0 Å². The molecule has 10 atom stereocenters. The molecule has 3 rings (SSSR count). The van der Waals surface area contributed by atoms with Gasteiger partial charge in [0.2, 0.25) is 4.93 Å². The molecule has 2 fully saturated rings. The molecule has 0 unspecified atom stereocenters. The lowest BCUT2D eigenvalue weighted by Crippen LogP contribution is -2.66. The van der Waals surface area contributed by atoms with Gasteiger partial charge in [-0.1, -0.05) is 30.0 Å². The van der Waals surface area contributed by atoms with E-state index in [0.717, 1.165) is 74.4 Å². The number of hydrogen-bond donors (Lipinski definition) is 0. The molecule has 0 N–H and O–H groups in total. The van der Waals surface area contributed by atoms with E-state index in [1.165, 1.54) is 0 Å². The third kappa shape index (κ3) is 13.3. The minimum atomic E-state index is -2.73. The summed E-state index contributed by atoms with van der Waals surface area (Å²) in [4.78, 5) is 113. The van der Waals surface area contributed by atoms with Gasteiger partial charge in [0.25, 0.3) is 5.79 Å². The maximum atomic E-state index is 13.9. The van der Waals surface area contributed by atoms with Gasteiger partial charge in [0.1, 0.15) is 31.0 Å². The van der Waals surface area contributed by atoms with Crippen LogP contribution in [-0.2, 0) is 100.0 Å². The molecule has 0 aromatic heterocycles. The van der Waals surface area contributed by atoms with Crippen LogP contribution in [0.5, 0.6) is 0 Å². The standard InChI is InChI=1S/C38H48O21S/c1-19(39)50-17-29(54-22(4)42)33-31(56-24(6)44)27(52-20(2)40)15-37(58-33,35(46)48-8)51-18-30(55-23(5)43)34-32(57-25(7)45)28(53-21(3)41)16-38(59-34,36(47)49-9)60-26-13-11-10-12-14-26/h10-14,27-34H,15-18H2,1-9H3/t27-,28-,29-,30-,31-,32-,33-,34-,37-,38-/m1/s1. The number of ether oxygens (including phenoxy) is 12. The van der Waals surface area contributed by atoms with E-state index < -0.39 is 139 Å². The zero-order valence-electron chi connectivity index (χ0n) is 34.3. The van der Waals surface area contributed by atoms with Gasteiger partial charge in [0, 0.05) is 59.8 Å². The van der Waals surface area contributed by atoms with Crippen molar-refractivity contribution in [2.24, 2.45) is 0 Å². The lowest BCUT2D eigenvalue weighted by Gasteiger charge is -2.48. The van der Waals surface area contributed by atoms with E-state index in [4.69, 9.17) is 56.8 Å². The summed E-state index contributed by atoms with van der Waals surface area (Å²) in [6, 6.07) is 8.34. The fraction of sp³-hybridized carbons (Fsp3) is 0.605. The first-order valence-corrected chi connectivity index (χ1v) is 19.0. The monoisotopic (exact) mass is 872 g/mol. The van der Waals surface area contributed by atoms with Crippen molar-refractivity contribution in [1.82, 2.24) is 0 Å². The van der Waals surface area contributed by atoms with Gasteiger partial charge in [-0.25, -0.2) is 9.59 Å². The number of rotatable bonds is 17. The molecule has 0 aliphatic carbocycles. The molecule has 0 saturated carbocycles. The zero-order valence-corrected chi connectivity index (χ0v) is 35.1. The van der Waals surface area contributed by atoms with Gasteiger partial charge in [-0.2, -0.15) is 0 Å². The summed E-state index contributed by atoms with van der Waals surface area (Å²) >= 11 is 0.840. The Labute approximate surface area is 348 Å². The van der Waals surface area contributed by atoms with Crippen LogP contribution in [0.1, 0.15) is 61.3 Å². The van der Waals surface area contributed by atoms with E-state index in [1.807, 2.05) is 0 Å². The minimum Gasteiger partial charge on any atom is -0.466 e. The number of benzene rings is 1. The molecule has 332 valence electrons. The quantitative estimate of drug-likeness (QED) is 0.158. The Bertz CT molecular complexity index is 1750. The van der Waals surface area contributed by atoms with Gasteiger partial charge in [0.05, 0.1) is 27.2 Å². The van der Waals surface area contributed by atoms with Crippen molar-refractivity contribution in [1.29, 1.82) is 0 Å². The average Bonchev–Trinajstić information content (AvgIpc) is 3.15. The molecule has 21 nitrogen and oxygen atoms in total. The molecule has 2 aliphatic heterocycles. The molecule has 2 aliphatic rings. The van der Waals surface area contributed by atoms with Gasteiger partial charge in [-0.15, -0.1) is 0 Å². The molecule has 1 aromatic carbocycles. The van der Waals surface area contributed by atoms with Crippen LogP contribution < -0.4 is 0 Å². The molecule has 0 spiro atoms. The van der Waals surface area contributed by atoms with Crippen molar-refractivity contribution in [3.05, 3.63) is 30.3 Å². The summed E-state index contributed by atoms with van der Waals surface area (Å²) in [6.45, 7) is 5.46. The maximum absolute atomic E-state index is 13.9. The highest BCUT2D eigenvalue weighted by Gasteiger charge is 2.62. The van der Waals surface area contributed by atoms with Gasteiger partial charge >= 0.3 is 53.7 Å². The summed E-state index contributed by atoms with van der Waals surface area (Å²) in [6.07, 6.45) is -14.7. The third-order valence-corrected chi connectivity index (χ3v) is 9.80. The predicted molar refractivity (Wildman–Crippen MR) is 197 cm³/mol. The Morgan fingerprint density at radius 3 is 1.52 bits per heavy atom. The lowest BCUT2D eigenvalue weighted by atomic mass is 9.91. The van der Waals surface area contributed by atoms with Gasteiger partial charge in [-0.05, 0) is 12.1 Å². The fourth-order valence-electron chi connectivity index (χ4n) is 6.49. The summed E-state index contributed by atoms with van der Waals surface area (Å²) in [7, 11) is 2.01. The molecule has 2 saturated heterocycles. The van der Waals surface area contributed by atoms with Crippen LogP contribution in [-0.4, -0.2) is 141 Å². The highest BCUT2D eigenvalue weighted by Crippen LogP contribution is 2.46. The van der Waals surface area contributed by atoms with Gasteiger partial charge in [-0.3, -0.25) is 33.6 Å². The third-order valence-electron chi connectivity index (χ3n) is 8.53. The SMILES string of the molecule is COC(=O)[C@@]1(OC[C@@H](OC(C)=O)[C@H]2O[C@](Sc3ccccc3)(C(=O)OC)C[C@@H](OC(C)=O)[C@H]2OC(C)=O)C[C@@H](OC(C)=O)[C@@H](OC(C)=O)[C@@H]([C@@H](COC(C)=O)OC(C)=O)O1. The second kappa shape index (κ2) is 21.8. The number of thioether (sulfide) groups is 1. The second-order valence-electron chi connectivity index (χ2n) is 13.3. The maximum Gasteiger partial charge on any atom is 0.366 e. The van der Waals surface area contributed by atoms with Crippen molar-refractivity contribution in [3.8, 4) is 0 Å². The van der Waals surface area contributed by atoms with Gasteiger partial charge in [0.15, 0.2) is 24.4 Å². The van der Waals surface area contributed by atoms with E-state index in [0.29, 0.717) is 4.90 Å². The van der Waals surface area contributed by atoms with E-state index in [-0.39, 0.29) is 0 Å². The molecule has 2 heterocycles. The van der Waals surface area contributed by atoms with Crippen LogP contribution in [0.4, 0.5) is 0 Å². The molecular formula is C38H48O21S. The van der Waals surface area contributed by atoms with Gasteiger partial charge < -0.3 is 56.8 Å². The first kappa shape index (κ1) is 49.0. The molecule has 60 heavy (non-hydrogen) atoms. The van der Waals surface area contributed by atoms with Crippen molar-refractivity contribution in [3.63, 3.8) is 0 Å². The first-order chi connectivity index (χ1) is 28.1. The highest BCUT2D eigenvalue weighted by molar-refractivity contribution is 8.01. The van der Waals surface area contributed by atoms with Crippen molar-refractivity contribution < 1.29 is 100.0 Å². The molecule has 0 bridgehead atoms.